The number of aryl methyl sites for hydroxylation is 1. The highest BCUT2D eigenvalue weighted by Crippen LogP contribution is 2.14. The quantitative estimate of drug-likeness (QED) is 0.769. The Hall–Kier alpha value is -0.830. The topological polar surface area (TPSA) is 43.8 Å². The van der Waals surface area contributed by atoms with Gasteiger partial charge in [-0.2, -0.15) is 0 Å². The Bertz CT molecular complexity index is 252. The third-order valence-corrected chi connectivity index (χ3v) is 2.25. The second kappa shape index (κ2) is 4.42. The van der Waals surface area contributed by atoms with Crippen LogP contribution in [0.4, 0.5) is 0 Å². The van der Waals surface area contributed by atoms with Crippen LogP contribution in [-0.2, 0) is 6.42 Å². The van der Waals surface area contributed by atoms with Crippen molar-refractivity contribution in [2.24, 2.45) is 5.73 Å². The van der Waals surface area contributed by atoms with Crippen molar-refractivity contribution in [3.05, 3.63) is 18.2 Å². The Morgan fingerprint density at radius 1 is 1.54 bits per heavy atom. The molecule has 0 aliphatic heterocycles. The van der Waals surface area contributed by atoms with E-state index in [4.69, 9.17) is 5.73 Å². The normalized spacial score (nSPS) is 15.7. The molecule has 0 radical (unpaired) electrons. The minimum Gasteiger partial charge on any atom is -0.332 e. The standard InChI is InChI=1S/C10H19N3/c1-4-10-12-5-6-13(10)9(3)7-8(2)11/h5-6,8-9H,4,7,11H2,1-3H3. The van der Waals surface area contributed by atoms with E-state index in [2.05, 4.69) is 23.4 Å². The lowest BCUT2D eigenvalue weighted by Gasteiger charge is -2.17. The van der Waals surface area contributed by atoms with Gasteiger partial charge in [0.25, 0.3) is 0 Å². The molecule has 1 aromatic rings. The van der Waals surface area contributed by atoms with Crippen molar-refractivity contribution in [3.63, 3.8) is 0 Å². The van der Waals surface area contributed by atoms with E-state index in [-0.39, 0.29) is 6.04 Å². The lowest BCUT2D eigenvalue weighted by Crippen LogP contribution is -2.21. The second-order valence-corrected chi connectivity index (χ2v) is 3.67. The lowest BCUT2D eigenvalue weighted by molar-refractivity contribution is 0.453. The van der Waals surface area contributed by atoms with E-state index >= 15 is 0 Å². The molecule has 3 nitrogen and oxygen atoms in total. The molecule has 0 aromatic carbocycles. The highest BCUT2D eigenvalue weighted by molar-refractivity contribution is 4.94. The highest BCUT2D eigenvalue weighted by atomic mass is 15.1. The van der Waals surface area contributed by atoms with Crippen molar-refractivity contribution < 1.29 is 0 Å². The zero-order valence-corrected chi connectivity index (χ0v) is 8.70. The molecule has 1 rings (SSSR count). The summed E-state index contributed by atoms with van der Waals surface area (Å²) in [7, 11) is 0. The molecule has 0 aliphatic rings. The summed E-state index contributed by atoms with van der Waals surface area (Å²) in [6.45, 7) is 6.35. The van der Waals surface area contributed by atoms with Gasteiger partial charge in [0.2, 0.25) is 0 Å². The van der Waals surface area contributed by atoms with Crippen LogP contribution in [0.3, 0.4) is 0 Å². The highest BCUT2D eigenvalue weighted by Gasteiger charge is 2.09. The van der Waals surface area contributed by atoms with E-state index in [1.54, 1.807) is 0 Å². The number of nitrogens with two attached hydrogens (primary N) is 1. The van der Waals surface area contributed by atoms with Crippen LogP contribution in [0.15, 0.2) is 12.4 Å². The third kappa shape index (κ3) is 2.56. The fourth-order valence-corrected chi connectivity index (χ4v) is 1.67. The minimum absolute atomic E-state index is 0.252. The van der Waals surface area contributed by atoms with E-state index in [0.717, 1.165) is 18.7 Å². The summed E-state index contributed by atoms with van der Waals surface area (Å²) in [6, 6.07) is 0.708. The number of imidazole rings is 1. The maximum atomic E-state index is 5.76. The molecule has 3 heteroatoms. The summed E-state index contributed by atoms with van der Waals surface area (Å²) in [6.07, 6.45) is 5.88. The number of rotatable bonds is 4. The SMILES string of the molecule is CCc1nccn1C(C)CC(C)N. The van der Waals surface area contributed by atoms with E-state index in [1.165, 1.54) is 0 Å². The molecule has 2 unspecified atom stereocenters. The Labute approximate surface area is 80.0 Å². The van der Waals surface area contributed by atoms with Crippen LogP contribution in [0.25, 0.3) is 0 Å². The third-order valence-electron chi connectivity index (χ3n) is 2.25. The van der Waals surface area contributed by atoms with Gasteiger partial charge < -0.3 is 10.3 Å². The number of hydrogen-bond acceptors (Lipinski definition) is 2. The first-order valence-corrected chi connectivity index (χ1v) is 4.92. The molecule has 2 N–H and O–H groups in total. The molecule has 1 aromatic heterocycles. The van der Waals surface area contributed by atoms with Crippen LogP contribution in [0.1, 0.15) is 39.1 Å². The van der Waals surface area contributed by atoms with Crippen molar-refractivity contribution >= 4 is 0 Å². The van der Waals surface area contributed by atoms with Crippen molar-refractivity contribution in [1.29, 1.82) is 0 Å². The second-order valence-electron chi connectivity index (χ2n) is 3.67. The lowest BCUT2D eigenvalue weighted by atomic mass is 10.1. The van der Waals surface area contributed by atoms with E-state index in [1.807, 2.05) is 19.3 Å². The smallest absolute Gasteiger partial charge is 0.108 e. The van der Waals surface area contributed by atoms with Gasteiger partial charge >= 0.3 is 0 Å². The average molecular weight is 181 g/mol. The number of aromatic nitrogens is 2. The van der Waals surface area contributed by atoms with Crippen LogP contribution < -0.4 is 5.73 Å². The maximum Gasteiger partial charge on any atom is 0.108 e. The average Bonchev–Trinajstić information content (AvgIpc) is 2.49. The predicted molar refractivity (Wildman–Crippen MR) is 54.6 cm³/mol. The van der Waals surface area contributed by atoms with Crippen LogP contribution >= 0.6 is 0 Å². The van der Waals surface area contributed by atoms with Gasteiger partial charge in [-0.15, -0.1) is 0 Å². The molecule has 0 fully saturated rings. The molecule has 0 aliphatic carbocycles. The summed E-state index contributed by atoms with van der Waals surface area (Å²) >= 11 is 0. The summed E-state index contributed by atoms with van der Waals surface area (Å²) in [5.74, 6) is 1.15. The minimum atomic E-state index is 0.252. The number of hydrogen-bond donors (Lipinski definition) is 1. The van der Waals surface area contributed by atoms with Gasteiger partial charge in [-0.05, 0) is 20.3 Å². The fraction of sp³-hybridized carbons (Fsp3) is 0.700. The fourth-order valence-electron chi connectivity index (χ4n) is 1.67. The molecule has 0 saturated carbocycles. The Kier molecular flexibility index (Phi) is 3.48. The van der Waals surface area contributed by atoms with Gasteiger partial charge in [0.1, 0.15) is 5.82 Å². The van der Waals surface area contributed by atoms with E-state index in [0.29, 0.717) is 6.04 Å². The van der Waals surface area contributed by atoms with Crippen molar-refractivity contribution in [3.8, 4) is 0 Å². The van der Waals surface area contributed by atoms with Crippen LogP contribution in [0.2, 0.25) is 0 Å². The molecular formula is C10H19N3. The monoisotopic (exact) mass is 181 g/mol. The maximum absolute atomic E-state index is 5.76. The summed E-state index contributed by atoms with van der Waals surface area (Å²) in [5, 5.41) is 0. The van der Waals surface area contributed by atoms with Gasteiger partial charge in [0.05, 0.1) is 0 Å². The molecular weight excluding hydrogens is 162 g/mol. The Morgan fingerprint density at radius 2 is 2.23 bits per heavy atom. The summed E-state index contributed by atoms with van der Waals surface area (Å²) in [4.78, 5) is 4.29. The van der Waals surface area contributed by atoms with Crippen molar-refractivity contribution in [1.82, 2.24) is 9.55 Å². The van der Waals surface area contributed by atoms with Crippen molar-refractivity contribution in [2.75, 3.05) is 0 Å². The zero-order chi connectivity index (χ0) is 9.84. The van der Waals surface area contributed by atoms with Gasteiger partial charge in [-0.3, -0.25) is 0 Å². The van der Waals surface area contributed by atoms with Crippen LogP contribution in [-0.4, -0.2) is 15.6 Å². The van der Waals surface area contributed by atoms with Gasteiger partial charge in [-0.25, -0.2) is 4.98 Å². The van der Waals surface area contributed by atoms with E-state index < -0.39 is 0 Å². The molecule has 2 atom stereocenters. The summed E-state index contributed by atoms with van der Waals surface area (Å²) < 4.78 is 2.21. The Balaban J connectivity index is 2.69. The molecule has 13 heavy (non-hydrogen) atoms. The van der Waals surface area contributed by atoms with Crippen LogP contribution in [0.5, 0.6) is 0 Å². The number of nitrogens with zero attached hydrogens (tertiary/aromatic N) is 2. The van der Waals surface area contributed by atoms with E-state index in [9.17, 15) is 0 Å². The van der Waals surface area contributed by atoms with Crippen LogP contribution in [0, 0.1) is 0 Å². The first-order chi connectivity index (χ1) is 6.15. The molecule has 1 heterocycles. The van der Waals surface area contributed by atoms with Gasteiger partial charge in [0, 0.05) is 30.9 Å². The summed E-state index contributed by atoms with van der Waals surface area (Å²) in [5.41, 5.74) is 5.76. The first kappa shape index (κ1) is 10.3. The Morgan fingerprint density at radius 3 is 2.77 bits per heavy atom. The zero-order valence-electron chi connectivity index (χ0n) is 8.70. The largest absolute Gasteiger partial charge is 0.332 e. The first-order valence-electron chi connectivity index (χ1n) is 4.92. The molecule has 0 amide bonds. The van der Waals surface area contributed by atoms with Gasteiger partial charge in [-0.1, -0.05) is 6.92 Å². The molecule has 0 saturated heterocycles. The molecule has 0 spiro atoms. The molecule has 0 bridgehead atoms. The predicted octanol–water partition coefficient (Wildman–Crippen LogP) is 1.74. The molecule has 74 valence electrons. The van der Waals surface area contributed by atoms with Gasteiger partial charge in [0.15, 0.2) is 0 Å². The van der Waals surface area contributed by atoms with Crippen molar-refractivity contribution in [2.45, 2.75) is 45.7 Å².